The third kappa shape index (κ3) is 3.08. The van der Waals surface area contributed by atoms with E-state index in [1.807, 2.05) is 18.2 Å². The molecule has 6 nitrogen and oxygen atoms in total. The van der Waals surface area contributed by atoms with Gasteiger partial charge in [-0.25, -0.2) is 4.79 Å². The Balaban J connectivity index is 1.72. The van der Waals surface area contributed by atoms with Crippen LogP contribution in [0.5, 0.6) is 0 Å². The van der Waals surface area contributed by atoms with Crippen LogP contribution in [0.25, 0.3) is 10.8 Å². The van der Waals surface area contributed by atoms with Crippen molar-refractivity contribution in [3.63, 3.8) is 0 Å². The Hall–Kier alpha value is -2.15. The van der Waals surface area contributed by atoms with Crippen molar-refractivity contribution in [1.82, 2.24) is 4.90 Å². The number of ketones is 1. The molecule has 1 saturated heterocycles. The Kier molecular flexibility index (Phi) is 4.71. The lowest BCUT2D eigenvalue weighted by atomic mass is 10.1. The van der Waals surface area contributed by atoms with Crippen LogP contribution in [0, 0.1) is 0 Å². The van der Waals surface area contributed by atoms with Crippen LogP contribution in [0.1, 0.15) is 29.8 Å². The SMILES string of the molecule is O=C(c1occ2ccccc12)C(Br)CC(=O)N1CCC[C@H]1C(=O)O. The molecule has 2 heterocycles. The fourth-order valence-corrected chi connectivity index (χ4v) is 3.50. The van der Waals surface area contributed by atoms with Crippen LogP contribution >= 0.6 is 15.9 Å². The van der Waals surface area contributed by atoms with Gasteiger partial charge in [0.25, 0.3) is 0 Å². The summed E-state index contributed by atoms with van der Waals surface area (Å²) in [5.41, 5.74) is 0. The molecule has 0 bridgehead atoms. The van der Waals surface area contributed by atoms with Crippen LogP contribution in [0.3, 0.4) is 0 Å². The Morgan fingerprint density at radius 2 is 2.08 bits per heavy atom. The minimum Gasteiger partial charge on any atom is -0.480 e. The molecule has 0 radical (unpaired) electrons. The second-order valence-corrected chi connectivity index (χ2v) is 6.88. The summed E-state index contributed by atoms with van der Waals surface area (Å²) in [7, 11) is 0. The van der Waals surface area contributed by atoms with Crippen molar-refractivity contribution in [3.8, 4) is 0 Å². The summed E-state index contributed by atoms with van der Waals surface area (Å²) < 4.78 is 5.37. The maximum absolute atomic E-state index is 12.6. The average Bonchev–Trinajstić information content (AvgIpc) is 3.21. The van der Waals surface area contributed by atoms with Gasteiger partial charge in [-0.2, -0.15) is 0 Å². The van der Waals surface area contributed by atoms with Crippen LogP contribution in [-0.2, 0) is 9.59 Å². The first-order valence-electron chi connectivity index (χ1n) is 7.66. The zero-order valence-corrected chi connectivity index (χ0v) is 14.4. The lowest BCUT2D eigenvalue weighted by Crippen LogP contribution is -2.41. The van der Waals surface area contributed by atoms with E-state index in [9.17, 15) is 14.4 Å². The maximum atomic E-state index is 12.6. The van der Waals surface area contributed by atoms with Crippen molar-refractivity contribution in [1.29, 1.82) is 0 Å². The molecule has 1 aliphatic heterocycles. The third-order valence-electron chi connectivity index (χ3n) is 4.23. The molecule has 1 fully saturated rings. The molecule has 0 aliphatic carbocycles. The van der Waals surface area contributed by atoms with Crippen molar-refractivity contribution in [2.24, 2.45) is 0 Å². The molecule has 1 aliphatic rings. The number of hydrogen-bond donors (Lipinski definition) is 1. The predicted octanol–water partition coefficient (Wildman–Crippen LogP) is 2.84. The van der Waals surface area contributed by atoms with E-state index < -0.39 is 16.8 Å². The molecular formula is C17H16BrNO5. The first-order chi connectivity index (χ1) is 11.5. The minimum absolute atomic E-state index is 0.0996. The zero-order chi connectivity index (χ0) is 17.3. The molecule has 7 heteroatoms. The van der Waals surface area contributed by atoms with Gasteiger partial charge < -0.3 is 14.4 Å². The lowest BCUT2D eigenvalue weighted by molar-refractivity contribution is -0.148. The van der Waals surface area contributed by atoms with Crippen LogP contribution in [0.2, 0.25) is 0 Å². The van der Waals surface area contributed by atoms with Gasteiger partial charge in [0.1, 0.15) is 6.04 Å². The van der Waals surface area contributed by atoms with E-state index in [4.69, 9.17) is 9.52 Å². The largest absolute Gasteiger partial charge is 0.480 e. The van der Waals surface area contributed by atoms with Crippen molar-refractivity contribution < 1.29 is 23.9 Å². The molecule has 1 unspecified atom stereocenters. The number of carboxylic acid groups (broad SMARTS) is 1. The smallest absolute Gasteiger partial charge is 0.326 e. The second kappa shape index (κ2) is 6.76. The molecule has 1 aromatic carbocycles. The van der Waals surface area contributed by atoms with E-state index in [1.165, 1.54) is 11.2 Å². The van der Waals surface area contributed by atoms with Crippen LogP contribution in [0.4, 0.5) is 0 Å². The van der Waals surface area contributed by atoms with Gasteiger partial charge in [0.15, 0.2) is 5.76 Å². The number of halogens is 1. The van der Waals surface area contributed by atoms with Crippen molar-refractivity contribution in [3.05, 3.63) is 36.3 Å². The highest BCUT2D eigenvalue weighted by atomic mass is 79.9. The number of carbonyl (C=O) groups is 3. The van der Waals surface area contributed by atoms with E-state index in [0.29, 0.717) is 24.8 Å². The molecule has 126 valence electrons. The summed E-state index contributed by atoms with van der Waals surface area (Å²) in [5.74, 6) is -1.46. The van der Waals surface area contributed by atoms with Gasteiger partial charge in [0, 0.05) is 23.7 Å². The van der Waals surface area contributed by atoms with Crippen LogP contribution in [0.15, 0.2) is 34.9 Å². The molecule has 3 rings (SSSR count). The number of alkyl halides is 1. The number of carboxylic acids is 1. The average molecular weight is 394 g/mol. The van der Waals surface area contributed by atoms with Gasteiger partial charge in [-0.3, -0.25) is 9.59 Å². The van der Waals surface area contributed by atoms with Crippen molar-refractivity contribution >= 4 is 44.4 Å². The summed E-state index contributed by atoms with van der Waals surface area (Å²) in [6, 6.07) is 6.49. The molecule has 1 N–H and O–H groups in total. The van der Waals surface area contributed by atoms with Gasteiger partial charge >= 0.3 is 5.97 Å². The monoisotopic (exact) mass is 393 g/mol. The van der Waals surface area contributed by atoms with Crippen LogP contribution < -0.4 is 0 Å². The van der Waals surface area contributed by atoms with E-state index in [0.717, 1.165) is 5.39 Å². The third-order valence-corrected chi connectivity index (χ3v) is 4.97. The highest BCUT2D eigenvalue weighted by Crippen LogP contribution is 2.26. The van der Waals surface area contributed by atoms with Gasteiger partial charge in [0.05, 0.1) is 11.1 Å². The Morgan fingerprint density at radius 3 is 2.83 bits per heavy atom. The minimum atomic E-state index is -1.00. The molecule has 0 saturated carbocycles. The van der Waals surface area contributed by atoms with Gasteiger partial charge in [-0.1, -0.05) is 40.2 Å². The molecule has 2 atom stereocenters. The van der Waals surface area contributed by atoms with Crippen molar-refractivity contribution in [2.75, 3.05) is 6.54 Å². The van der Waals surface area contributed by atoms with E-state index in [1.54, 1.807) is 6.07 Å². The Morgan fingerprint density at radius 1 is 1.33 bits per heavy atom. The Labute approximate surface area is 146 Å². The number of rotatable bonds is 5. The first kappa shape index (κ1) is 16.7. The molecule has 24 heavy (non-hydrogen) atoms. The quantitative estimate of drug-likeness (QED) is 0.623. The fourth-order valence-electron chi connectivity index (χ4n) is 3.01. The number of hydrogen-bond acceptors (Lipinski definition) is 4. The lowest BCUT2D eigenvalue weighted by Gasteiger charge is -2.22. The number of amides is 1. The number of benzene rings is 1. The number of carbonyl (C=O) groups excluding carboxylic acids is 2. The number of likely N-dealkylation sites (tertiary alicyclic amines) is 1. The summed E-state index contributed by atoms with van der Waals surface area (Å²) >= 11 is 3.25. The predicted molar refractivity (Wildman–Crippen MR) is 90.2 cm³/mol. The number of aliphatic carboxylic acids is 1. The molecule has 2 aromatic rings. The highest BCUT2D eigenvalue weighted by molar-refractivity contribution is 9.10. The highest BCUT2D eigenvalue weighted by Gasteiger charge is 2.35. The molecule has 0 spiro atoms. The first-order valence-corrected chi connectivity index (χ1v) is 8.57. The standard InChI is InChI=1S/C17H16BrNO5/c18-12(8-14(20)19-7-3-6-13(19)17(22)23)15(21)16-11-5-2-1-4-10(11)9-24-16/h1-2,4-5,9,12-13H,3,6-8H2,(H,22,23)/t12?,13-/m0/s1. The van der Waals surface area contributed by atoms with Crippen LogP contribution in [-0.4, -0.2) is 45.1 Å². The maximum Gasteiger partial charge on any atom is 0.326 e. The fraction of sp³-hybridized carbons (Fsp3) is 0.353. The molecule has 1 amide bonds. The summed E-state index contributed by atoms with van der Waals surface area (Å²) in [6.45, 7) is 0.410. The summed E-state index contributed by atoms with van der Waals surface area (Å²) in [4.78, 5) is 36.7. The number of furan rings is 1. The summed E-state index contributed by atoms with van der Waals surface area (Å²) in [6.07, 6.45) is 2.51. The van der Waals surface area contributed by atoms with Crippen molar-refractivity contribution in [2.45, 2.75) is 30.1 Å². The van der Waals surface area contributed by atoms with Gasteiger partial charge in [-0.05, 0) is 12.8 Å². The summed E-state index contributed by atoms with van der Waals surface area (Å²) in [5, 5.41) is 10.7. The zero-order valence-electron chi connectivity index (χ0n) is 12.8. The normalized spacial score (nSPS) is 18.7. The van der Waals surface area contributed by atoms with E-state index in [-0.39, 0.29) is 23.9 Å². The van der Waals surface area contributed by atoms with E-state index in [2.05, 4.69) is 15.9 Å². The van der Waals surface area contributed by atoms with Gasteiger partial charge in [0.2, 0.25) is 11.7 Å². The second-order valence-electron chi connectivity index (χ2n) is 5.77. The van der Waals surface area contributed by atoms with E-state index >= 15 is 0 Å². The number of Topliss-reactive ketones (excluding diaryl/α,β-unsaturated/α-hetero) is 1. The number of nitrogens with zero attached hydrogens (tertiary/aromatic N) is 1. The topological polar surface area (TPSA) is 87.8 Å². The number of fused-ring (bicyclic) bond motifs is 1. The van der Waals surface area contributed by atoms with Gasteiger partial charge in [-0.15, -0.1) is 0 Å². The Bertz CT molecular complexity index is 799. The molecule has 1 aromatic heterocycles. The molecular weight excluding hydrogens is 378 g/mol.